The second-order valence-corrected chi connectivity index (χ2v) is 5.93. The van der Waals surface area contributed by atoms with E-state index in [1.165, 1.54) is 17.7 Å². The molecule has 3 rings (SSSR count). The molecule has 0 radical (unpaired) electrons. The highest BCUT2D eigenvalue weighted by atomic mass is 19.1. The maximum absolute atomic E-state index is 13.0. The summed E-state index contributed by atoms with van der Waals surface area (Å²) >= 11 is 0. The highest BCUT2D eigenvalue weighted by molar-refractivity contribution is 5.78. The van der Waals surface area contributed by atoms with Crippen LogP contribution < -0.4 is 10.6 Å². The van der Waals surface area contributed by atoms with Gasteiger partial charge in [-0.3, -0.25) is 4.99 Å². The van der Waals surface area contributed by atoms with Crippen LogP contribution in [0.15, 0.2) is 59.6 Å². The van der Waals surface area contributed by atoms with Gasteiger partial charge < -0.3 is 15.5 Å². The molecule has 24 heavy (non-hydrogen) atoms. The van der Waals surface area contributed by atoms with Crippen molar-refractivity contribution in [1.29, 1.82) is 0 Å². The molecular formula is C19H23FN4. The van der Waals surface area contributed by atoms with Crippen molar-refractivity contribution < 1.29 is 4.39 Å². The van der Waals surface area contributed by atoms with E-state index in [4.69, 9.17) is 5.73 Å². The Morgan fingerprint density at radius 2 is 1.62 bits per heavy atom. The third-order valence-electron chi connectivity index (χ3n) is 4.31. The fraction of sp³-hybridized carbons (Fsp3) is 0.316. The highest BCUT2D eigenvalue weighted by Crippen LogP contribution is 2.16. The lowest BCUT2D eigenvalue weighted by Crippen LogP contribution is -2.51. The van der Waals surface area contributed by atoms with Crippen molar-refractivity contribution in [2.45, 2.75) is 6.42 Å². The molecule has 0 aromatic heterocycles. The minimum atomic E-state index is -0.202. The molecule has 2 aromatic carbocycles. The second-order valence-electron chi connectivity index (χ2n) is 5.93. The van der Waals surface area contributed by atoms with E-state index in [2.05, 4.69) is 26.9 Å². The molecule has 126 valence electrons. The van der Waals surface area contributed by atoms with E-state index in [0.29, 0.717) is 12.5 Å². The lowest BCUT2D eigenvalue weighted by atomic mass is 10.2. The molecular weight excluding hydrogens is 303 g/mol. The van der Waals surface area contributed by atoms with Crippen molar-refractivity contribution in [3.8, 4) is 0 Å². The number of rotatable bonds is 4. The van der Waals surface area contributed by atoms with Gasteiger partial charge in [0.05, 0.1) is 0 Å². The summed E-state index contributed by atoms with van der Waals surface area (Å²) in [5.74, 6) is 0.414. The Hall–Kier alpha value is -2.56. The Kier molecular flexibility index (Phi) is 5.31. The second kappa shape index (κ2) is 7.81. The van der Waals surface area contributed by atoms with Crippen molar-refractivity contribution in [1.82, 2.24) is 4.90 Å². The standard InChI is InChI=1S/C19H23FN4/c20-17-6-8-18(9-7-17)23-12-14-24(15-13-23)19(21)22-11-10-16-4-2-1-3-5-16/h1-9H,10-15H2,(H2,21,22). The molecule has 5 heteroatoms. The van der Waals surface area contributed by atoms with E-state index < -0.39 is 0 Å². The predicted octanol–water partition coefficient (Wildman–Crippen LogP) is 2.51. The first-order chi connectivity index (χ1) is 11.7. The highest BCUT2D eigenvalue weighted by Gasteiger charge is 2.18. The lowest BCUT2D eigenvalue weighted by Gasteiger charge is -2.36. The van der Waals surface area contributed by atoms with Crippen LogP contribution in [0.4, 0.5) is 10.1 Å². The summed E-state index contributed by atoms with van der Waals surface area (Å²) < 4.78 is 13.0. The first-order valence-corrected chi connectivity index (χ1v) is 8.32. The van der Waals surface area contributed by atoms with E-state index in [1.54, 1.807) is 0 Å². The number of hydrogen-bond acceptors (Lipinski definition) is 2. The number of nitrogens with two attached hydrogens (primary N) is 1. The third-order valence-corrected chi connectivity index (χ3v) is 4.31. The Morgan fingerprint density at radius 1 is 0.958 bits per heavy atom. The first-order valence-electron chi connectivity index (χ1n) is 8.32. The molecule has 1 aliphatic rings. The molecule has 0 bridgehead atoms. The fourth-order valence-electron chi connectivity index (χ4n) is 2.89. The normalized spacial score (nSPS) is 15.6. The van der Waals surface area contributed by atoms with Gasteiger partial charge in [0.2, 0.25) is 0 Å². The number of nitrogens with zero attached hydrogens (tertiary/aromatic N) is 3. The van der Waals surface area contributed by atoms with Gasteiger partial charge in [-0.05, 0) is 36.2 Å². The number of guanidine groups is 1. The first kappa shape index (κ1) is 16.3. The van der Waals surface area contributed by atoms with Crippen LogP contribution in [-0.2, 0) is 6.42 Å². The molecule has 0 spiro atoms. The molecule has 0 unspecified atom stereocenters. The van der Waals surface area contributed by atoms with Crippen LogP contribution in [0.1, 0.15) is 5.56 Å². The molecule has 0 aliphatic carbocycles. The van der Waals surface area contributed by atoms with Gasteiger partial charge in [-0.25, -0.2) is 4.39 Å². The van der Waals surface area contributed by atoms with Crippen molar-refractivity contribution in [2.75, 3.05) is 37.6 Å². The molecule has 4 nitrogen and oxygen atoms in total. The summed E-state index contributed by atoms with van der Waals surface area (Å²) in [6, 6.07) is 16.9. The van der Waals surface area contributed by atoms with Gasteiger partial charge in [-0.1, -0.05) is 30.3 Å². The van der Waals surface area contributed by atoms with Crippen LogP contribution in [0.25, 0.3) is 0 Å². The van der Waals surface area contributed by atoms with Crippen LogP contribution in [0.2, 0.25) is 0 Å². The zero-order valence-electron chi connectivity index (χ0n) is 13.7. The van der Waals surface area contributed by atoms with Crippen LogP contribution in [0.3, 0.4) is 0 Å². The molecule has 0 amide bonds. The minimum Gasteiger partial charge on any atom is -0.370 e. The molecule has 1 saturated heterocycles. The van der Waals surface area contributed by atoms with E-state index in [0.717, 1.165) is 38.3 Å². The van der Waals surface area contributed by atoms with Gasteiger partial charge in [0.1, 0.15) is 5.82 Å². The number of piperazine rings is 1. The lowest BCUT2D eigenvalue weighted by molar-refractivity contribution is 0.381. The number of benzene rings is 2. The Balaban J connectivity index is 1.48. The van der Waals surface area contributed by atoms with Crippen LogP contribution >= 0.6 is 0 Å². The zero-order valence-corrected chi connectivity index (χ0v) is 13.7. The maximum atomic E-state index is 13.0. The molecule has 1 fully saturated rings. The predicted molar refractivity (Wildman–Crippen MR) is 96.8 cm³/mol. The quantitative estimate of drug-likeness (QED) is 0.693. The monoisotopic (exact) mass is 326 g/mol. The summed E-state index contributed by atoms with van der Waals surface area (Å²) in [6.07, 6.45) is 0.900. The Labute approximate surface area is 142 Å². The van der Waals surface area contributed by atoms with E-state index in [-0.39, 0.29) is 5.82 Å². The molecule has 0 saturated carbocycles. The number of anilines is 1. The zero-order chi connectivity index (χ0) is 16.8. The van der Waals surface area contributed by atoms with Crippen LogP contribution in [0.5, 0.6) is 0 Å². The van der Waals surface area contributed by atoms with E-state index in [1.807, 2.05) is 30.3 Å². The molecule has 1 heterocycles. The molecule has 0 atom stereocenters. The van der Waals surface area contributed by atoms with Gasteiger partial charge in [0.15, 0.2) is 5.96 Å². The van der Waals surface area contributed by atoms with Crippen LogP contribution in [0, 0.1) is 5.82 Å². The van der Waals surface area contributed by atoms with Crippen molar-refractivity contribution in [3.63, 3.8) is 0 Å². The average Bonchev–Trinajstić information content (AvgIpc) is 2.63. The molecule has 2 N–H and O–H groups in total. The topological polar surface area (TPSA) is 44.9 Å². The van der Waals surface area contributed by atoms with Gasteiger partial charge in [0, 0.05) is 38.4 Å². The van der Waals surface area contributed by atoms with Gasteiger partial charge >= 0.3 is 0 Å². The summed E-state index contributed by atoms with van der Waals surface area (Å²) in [7, 11) is 0. The molecule has 2 aromatic rings. The van der Waals surface area contributed by atoms with Crippen molar-refractivity contribution in [3.05, 3.63) is 66.0 Å². The van der Waals surface area contributed by atoms with E-state index >= 15 is 0 Å². The van der Waals surface area contributed by atoms with Crippen molar-refractivity contribution >= 4 is 11.6 Å². The fourth-order valence-corrected chi connectivity index (χ4v) is 2.89. The minimum absolute atomic E-state index is 0.202. The van der Waals surface area contributed by atoms with E-state index in [9.17, 15) is 4.39 Å². The largest absolute Gasteiger partial charge is 0.370 e. The van der Waals surface area contributed by atoms with Gasteiger partial charge in [-0.2, -0.15) is 0 Å². The van der Waals surface area contributed by atoms with Crippen LogP contribution in [-0.4, -0.2) is 43.6 Å². The summed E-state index contributed by atoms with van der Waals surface area (Å²) in [5.41, 5.74) is 8.45. The smallest absolute Gasteiger partial charge is 0.191 e. The number of hydrogen-bond donors (Lipinski definition) is 1. The third kappa shape index (κ3) is 4.25. The number of aliphatic imine (C=N–C) groups is 1. The summed E-state index contributed by atoms with van der Waals surface area (Å²) in [5, 5.41) is 0. The van der Waals surface area contributed by atoms with Gasteiger partial charge in [0.25, 0.3) is 0 Å². The Bertz CT molecular complexity index is 662. The molecule has 1 aliphatic heterocycles. The summed E-state index contributed by atoms with van der Waals surface area (Å²) in [4.78, 5) is 8.86. The maximum Gasteiger partial charge on any atom is 0.191 e. The Morgan fingerprint density at radius 3 is 2.29 bits per heavy atom. The summed E-state index contributed by atoms with van der Waals surface area (Å²) in [6.45, 7) is 4.09. The van der Waals surface area contributed by atoms with Gasteiger partial charge in [-0.15, -0.1) is 0 Å². The average molecular weight is 326 g/mol. The van der Waals surface area contributed by atoms with Crippen molar-refractivity contribution in [2.24, 2.45) is 10.7 Å². The SMILES string of the molecule is NC(=NCCc1ccccc1)N1CCN(c2ccc(F)cc2)CC1. The number of halogens is 1.